The molecule has 90 valence electrons. The zero-order valence-electron chi connectivity index (χ0n) is 10.3. The van der Waals surface area contributed by atoms with E-state index in [0.717, 1.165) is 23.5 Å². The number of nitrogens with zero attached hydrogens (tertiary/aromatic N) is 1. The molecule has 0 saturated carbocycles. The molecule has 1 aromatic heterocycles. The van der Waals surface area contributed by atoms with E-state index in [1.807, 2.05) is 0 Å². The Bertz CT molecular complexity index is 490. The summed E-state index contributed by atoms with van der Waals surface area (Å²) in [5, 5.41) is 3.26. The number of hydrogen-bond acceptors (Lipinski definition) is 3. The molecule has 0 aliphatic rings. The molecule has 17 heavy (non-hydrogen) atoms. The summed E-state index contributed by atoms with van der Waals surface area (Å²) in [7, 11) is 0. The molecule has 0 spiro atoms. The molecule has 1 heterocycles. The molecule has 1 atom stereocenters. The Morgan fingerprint density at radius 1 is 1.35 bits per heavy atom. The highest BCUT2D eigenvalue weighted by Crippen LogP contribution is 2.25. The van der Waals surface area contributed by atoms with Gasteiger partial charge in [0.15, 0.2) is 0 Å². The minimum atomic E-state index is 0.228. The summed E-state index contributed by atoms with van der Waals surface area (Å²) < 4.78 is 0. The van der Waals surface area contributed by atoms with Crippen molar-refractivity contribution in [1.82, 2.24) is 4.98 Å². The van der Waals surface area contributed by atoms with Crippen molar-refractivity contribution in [2.24, 2.45) is 5.73 Å². The number of rotatable bonds is 4. The van der Waals surface area contributed by atoms with Gasteiger partial charge in [0, 0.05) is 23.4 Å². The summed E-state index contributed by atoms with van der Waals surface area (Å²) in [4.78, 5) is 4.67. The van der Waals surface area contributed by atoms with Gasteiger partial charge < -0.3 is 5.73 Å². The van der Waals surface area contributed by atoms with Crippen LogP contribution in [0.1, 0.15) is 23.9 Å². The van der Waals surface area contributed by atoms with E-state index < -0.39 is 0 Å². The number of benzene rings is 1. The van der Waals surface area contributed by atoms with Crippen molar-refractivity contribution in [3.05, 3.63) is 40.2 Å². The van der Waals surface area contributed by atoms with Gasteiger partial charge in [0.2, 0.25) is 0 Å². The van der Waals surface area contributed by atoms with Crippen molar-refractivity contribution in [2.45, 2.75) is 32.7 Å². The van der Waals surface area contributed by atoms with Crippen LogP contribution in [0.3, 0.4) is 0 Å². The van der Waals surface area contributed by atoms with E-state index >= 15 is 0 Å². The number of thiazole rings is 1. The second-order valence-corrected chi connectivity index (χ2v) is 5.26. The molecule has 1 unspecified atom stereocenters. The van der Waals surface area contributed by atoms with Gasteiger partial charge >= 0.3 is 0 Å². The van der Waals surface area contributed by atoms with E-state index in [1.165, 1.54) is 11.1 Å². The van der Waals surface area contributed by atoms with Crippen molar-refractivity contribution in [3.63, 3.8) is 0 Å². The van der Waals surface area contributed by atoms with E-state index in [-0.39, 0.29) is 6.04 Å². The predicted molar refractivity (Wildman–Crippen MR) is 74.3 cm³/mol. The summed E-state index contributed by atoms with van der Waals surface area (Å²) in [6.45, 7) is 4.23. The fourth-order valence-corrected chi connectivity index (χ4v) is 2.65. The largest absolute Gasteiger partial charge is 0.327 e. The van der Waals surface area contributed by atoms with Crippen LogP contribution in [0.25, 0.3) is 11.3 Å². The monoisotopic (exact) mass is 246 g/mol. The SMILES string of the molecule is CCC(N)Cc1nc(-c2ccccc2C)cs1. The number of aryl methyl sites for hydroxylation is 1. The maximum atomic E-state index is 5.95. The third kappa shape index (κ3) is 2.93. The van der Waals surface area contributed by atoms with Crippen LogP contribution in [-0.4, -0.2) is 11.0 Å². The van der Waals surface area contributed by atoms with Crippen LogP contribution in [0.2, 0.25) is 0 Å². The molecule has 0 fully saturated rings. The van der Waals surface area contributed by atoms with Crippen LogP contribution in [0.5, 0.6) is 0 Å². The third-order valence-electron chi connectivity index (χ3n) is 2.93. The van der Waals surface area contributed by atoms with Gasteiger partial charge in [-0.15, -0.1) is 11.3 Å². The van der Waals surface area contributed by atoms with Crippen LogP contribution in [0.4, 0.5) is 0 Å². The Labute approximate surface area is 107 Å². The van der Waals surface area contributed by atoms with Crippen LogP contribution in [0.15, 0.2) is 29.6 Å². The minimum absolute atomic E-state index is 0.228. The van der Waals surface area contributed by atoms with Gasteiger partial charge in [-0.05, 0) is 18.9 Å². The van der Waals surface area contributed by atoms with Crippen molar-refractivity contribution < 1.29 is 0 Å². The smallest absolute Gasteiger partial charge is 0.0948 e. The lowest BCUT2D eigenvalue weighted by atomic mass is 10.1. The topological polar surface area (TPSA) is 38.9 Å². The van der Waals surface area contributed by atoms with E-state index in [4.69, 9.17) is 5.73 Å². The lowest BCUT2D eigenvalue weighted by molar-refractivity contribution is 0.644. The average molecular weight is 246 g/mol. The summed E-state index contributed by atoms with van der Waals surface area (Å²) in [5.74, 6) is 0. The summed E-state index contributed by atoms with van der Waals surface area (Å²) in [6.07, 6.45) is 1.88. The lowest BCUT2D eigenvalue weighted by Crippen LogP contribution is -2.21. The first-order chi connectivity index (χ1) is 8.20. The summed E-state index contributed by atoms with van der Waals surface area (Å²) >= 11 is 1.71. The Morgan fingerprint density at radius 2 is 2.12 bits per heavy atom. The normalized spacial score (nSPS) is 12.6. The molecule has 0 saturated heterocycles. The molecular formula is C14H18N2S. The lowest BCUT2D eigenvalue weighted by Gasteiger charge is -2.04. The number of nitrogens with two attached hydrogens (primary N) is 1. The first-order valence-corrected chi connectivity index (χ1v) is 6.84. The van der Waals surface area contributed by atoms with Gasteiger partial charge in [-0.25, -0.2) is 4.98 Å². The van der Waals surface area contributed by atoms with Crippen molar-refractivity contribution in [3.8, 4) is 11.3 Å². The van der Waals surface area contributed by atoms with Crippen LogP contribution in [0, 0.1) is 6.92 Å². The van der Waals surface area contributed by atoms with E-state index in [0.29, 0.717) is 0 Å². The third-order valence-corrected chi connectivity index (χ3v) is 3.81. The number of aromatic nitrogens is 1. The number of hydrogen-bond donors (Lipinski definition) is 1. The minimum Gasteiger partial charge on any atom is -0.327 e. The molecule has 2 aromatic rings. The summed E-state index contributed by atoms with van der Waals surface area (Å²) in [6, 6.07) is 8.57. The molecule has 0 bridgehead atoms. The van der Waals surface area contributed by atoms with Crippen molar-refractivity contribution >= 4 is 11.3 Å². The van der Waals surface area contributed by atoms with E-state index in [9.17, 15) is 0 Å². The van der Waals surface area contributed by atoms with Gasteiger partial charge in [-0.3, -0.25) is 0 Å². The van der Waals surface area contributed by atoms with E-state index in [2.05, 4.69) is 48.5 Å². The highest BCUT2D eigenvalue weighted by molar-refractivity contribution is 7.09. The predicted octanol–water partition coefficient (Wildman–Crippen LogP) is 3.40. The Hall–Kier alpha value is -1.19. The molecule has 1 aromatic carbocycles. The highest BCUT2D eigenvalue weighted by Gasteiger charge is 2.08. The second kappa shape index (κ2) is 5.43. The Morgan fingerprint density at radius 3 is 2.82 bits per heavy atom. The van der Waals surface area contributed by atoms with E-state index in [1.54, 1.807) is 11.3 Å². The Kier molecular flexibility index (Phi) is 3.92. The average Bonchev–Trinajstić information content (AvgIpc) is 2.78. The molecule has 3 heteroatoms. The van der Waals surface area contributed by atoms with Gasteiger partial charge in [0.1, 0.15) is 0 Å². The first-order valence-electron chi connectivity index (χ1n) is 5.96. The molecule has 0 aliphatic heterocycles. The van der Waals surface area contributed by atoms with Gasteiger partial charge in [0.25, 0.3) is 0 Å². The first kappa shape index (κ1) is 12.3. The van der Waals surface area contributed by atoms with Crippen molar-refractivity contribution in [2.75, 3.05) is 0 Å². The molecule has 0 amide bonds. The molecule has 2 rings (SSSR count). The van der Waals surface area contributed by atoms with Gasteiger partial charge in [0.05, 0.1) is 10.7 Å². The molecule has 0 aliphatic carbocycles. The molecule has 2 N–H and O–H groups in total. The van der Waals surface area contributed by atoms with Gasteiger partial charge in [-0.1, -0.05) is 31.2 Å². The molecular weight excluding hydrogens is 228 g/mol. The van der Waals surface area contributed by atoms with Crippen LogP contribution >= 0.6 is 11.3 Å². The fraction of sp³-hybridized carbons (Fsp3) is 0.357. The second-order valence-electron chi connectivity index (χ2n) is 4.31. The molecule has 2 nitrogen and oxygen atoms in total. The van der Waals surface area contributed by atoms with Gasteiger partial charge in [-0.2, -0.15) is 0 Å². The van der Waals surface area contributed by atoms with Crippen molar-refractivity contribution in [1.29, 1.82) is 0 Å². The molecule has 0 radical (unpaired) electrons. The quantitative estimate of drug-likeness (QED) is 0.898. The zero-order chi connectivity index (χ0) is 12.3. The highest BCUT2D eigenvalue weighted by atomic mass is 32.1. The summed E-state index contributed by atoms with van der Waals surface area (Å²) in [5.41, 5.74) is 9.51. The maximum absolute atomic E-state index is 5.95. The zero-order valence-corrected chi connectivity index (χ0v) is 11.1. The fourth-order valence-electron chi connectivity index (χ4n) is 1.76. The van der Waals surface area contributed by atoms with Crippen LogP contribution < -0.4 is 5.73 Å². The maximum Gasteiger partial charge on any atom is 0.0948 e. The standard InChI is InChI=1S/C14H18N2S/c1-3-11(15)8-14-16-13(9-17-14)12-7-5-4-6-10(12)2/h4-7,9,11H,3,8,15H2,1-2H3. The van der Waals surface area contributed by atoms with Crippen LogP contribution in [-0.2, 0) is 6.42 Å². The Balaban J connectivity index is 2.21.